The van der Waals surface area contributed by atoms with E-state index in [2.05, 4.69) is 33.0 Å². The van der Waals surface area contributed by atoms with Crippen LogP contribution in [0, 0.1) is 5.41 Å². The van der Waals surface area contributed by atoms with Crippen molar-refractivity contribution in [2.45, 2.75) is 91.9 Å². The second kappa shape index (κ2) is 12.0. The third-order valence-corrected chi connectivity index (χ3v) is 4.15. The molecule has 0 heterocycles. The molecule has 0 bridgehead atoms. The molecule has 1 nitrogen and oxygen atoms in total. The quantitative estimate of drug-likeness (QED) is 0.426. The summed E-state index contributed by atoms with van der Waals surface area (Å²) in [6.45, 7) is 11.7. The Labute approximate surface area is 116 Å². The third-order valence-electron chi connectivity index (χ3n) is 4.15. The van der Waals surface area contributed by atoms with Gasteiger partial charge in [0.05, 0.1) is 0 Å². The van der Waals surface area contributed by atoms with Crippen LogP contribution in [0.2, 0.25) is 0 Å². The Hall–Kier alpha value is -0.0400. The van der Waals surface area contributed by atoms with Gasteiger partial charge in [-0.2, -0.15) is 0 Å². The first-order valence-corrected chi connectivity index (χ1v) is 8.39. The van der Waals surface area contributed by atoms with Crippen molar-refractivity contribution in [3.63, 3.8) is 0 Å². The zero-order valence-corrected chi connectivity index (χ0v) is 13.5. The highest BCUT2D eigenvalue weighted by Crippen LogP contribution is 2.35. The Morgan fingerprint density at radius 2 is 1.33 bits per heavy atom. The standard InChI is InChI=1S/C17H37N/c1-5-8-10-11-14-17(4,13-9-6-2)15-12-16-18-7-3/h18H,5-16H2,1-4H3. The first-order valence-electron chi connectivity index (χ1n) is 8.39. The van der Waals surface area contributed by atoms with Crippen LogP contribution in [0.25, 0.3) is 0 Å². The number of nitrogens with one attached hydrogen (secondary N) is 1. The Kier molecular flexibility index (Phi) is 12.0. The van der Waals surface area contributed by atoms with Gasteiger partial charge in [0.2, 0.25) is 0 Å². The normalized spacial score (nSPS) is 14.7. The molecule has 0 aliphatic rings. The predicted molar refractivity (Wildman–Crippen MR) is 84.2 cm³/mol. The molecule has 0 fully saturated rings. The van der Waals surface area contributed by atoms with E-state index in [4.69, 9.17) is 0 Å². The molecule has 0 rings (SSSR count). The van der Waals surface area contributed by atoms with Gasteiger partial charge in [-0.05, 0) is 44.2 Å². The monoisotopic (exact) mass is 255 g/mol. The van der Waals surface area contributed by atoms with E-state index in [-0.39, 0.29) is 0 Å². The van der Waals surface area contributed by atoms with Gasteiger partial charge in [-0.3, -0.25) is 0 Å². The van der Waals surface area contributed by atoms with Crippen molar-refractivity contribution in [3.8, 4) is 0 Å². The zero-order valence-electron chi connectivity index (χ0n) is 13.5. The number of hydrogen-bond acceptors (Lipinski definition) is 1. The molecule has 0 aromatic carbocycles. The van der Waals surface area contributed by atoms with Crippen molar-refractivity contribution < 1.29 is 0 Å². The van der Waals surface area contributed by atoms with Crippen LogP contribution in [0.1, 0.15) is 91.9 Å². The first kappa shape index (κ1) is 18.0. The van der Waals surface area contributed by atoms with Crippen molar-refractivity contribution in [1.82, 2.24) is 5.32 Å². The maximum Gasteiger partial charge on any atom is -0.00488 e. The highest BCUT2D eigenvalue weighted by Gasteiger charge is 2.22. The van der Waals surface area contributed by atoms with Crippen molar-refractivity contribution in [1.29, 1.82) is 0 Å². The molecule has 0 saturated carbocycles. The maximum atomic E-state index is 3.45. The lowest BCUT2D eigenvalue weighted by Crippen LogP contribution is -2.21. The molecular formula is C17H37N. The van der Waals surface area contributed by atoms with E-state index in [1.54, 1.807) is 0 Å². The molecule has 1 N–H and O–H groups in total. The van der Waals surface area contributed by atoms with Gasteiger partial charge in [-0.15, -0.1) is 0 Å². The summed E-state index contributed by atoms with van der Waals surface area (Å²) >= 11 is 0. The van der Waals surface area contributed by atoms with E-state index in [0.717, 1.165) is 6.54 Å². The van der Waals surface area contributed by atoms with Gasteiger partial charge in [0, 0.05) is 0 Å². The van der Waals surface area contributed by atoms with Gasteiger partial charge in [0.1, 0.15) is 0 Å². The topological polar surface area (TPSA) is 12.0 Å². The van der Waals surface area contributed by atoms with Gasteiger partial charge in [-0.1, -0.05) is 66.2 Å². The van der Waals surface area contributed by atoms with E-state index >= 15 is 0 Å². The fraction of sp³-hybridized carbons (Fsp3) is 1.00. The molecule has 0 spiro atoms. The van der Waals surface area contributed by atoms with Crippen LogP contribution in [-0.2, 0) is 0 Å². The second-order valence-corrected chi connectivity index (χ2v) is 6.18. The highest BCUT2D eigenvalue weighted by atomic mass is 14.8. The molecule has 1 heteroatoms. The van der Waals surface area contributed by atoms with Crippen molar-refractivity contribution in [2.24, 2.45) is 5.41 Å². The van der Waals surface area contributed by atoms with E-state index in [0.29, 0.717) is 5.41 Å². The summed E-state index contributed by atoms with van der Waals surface area (Å²) in [6, 6.07) is 0. The summed E-state index contributed by atoms with van der Waals surface area (Å²) in [5, 5.41) is 3.45. The molecule has 0 amide bonds. The molecule has 0 aromatic heterocycles. The Morgan fingerprint density at radius 1 is 0.722 bits per heavy atom. The maximum absolute atomic E-state index is 3.45. The smallest absolute Gasteiger partial charge is 0.00488 e. The lowest BCUT2D eigenvalue weighted by Gasteiger charge is -2.30. The van der Waals surface area contributed by atoms with Crippen LogP contribution in [0.4, 0.5) is 0 Å². The zero-order chi connectivity index (χ0) is 13.7. The summed E-state index contributed by atoms with van der Waals surface area (Å²) in [5.41, 5.74) is 0.610. The molecule has 0 aromatic rings. The largest absolute Gasteiger partial charge is 0.317 e. The minimum atomic E-state index is 0.610. The van der Waals surface area contributed by atoms with Gasteiger partial charge in [0.15, 0.2) is 0 Å². The third kappa shape index (κ3) is 9.94. The van der Waals surface area contributed by atoms with Crippen molar-refractivity contribution in [3.05, 3.63) is 0 Å². The molecule has 0 saturated heterocycles. The second-order valence-electron chi connectivity index (χ2n) is 6.18. The van der Waals surface area contributed by atoms with E-state index in [1.165, 1.54) is 70.8 Å². The first-order chi connectivity index (χ1) is 8.68. The van der Waals surface area contributed by atoms with Gasteiger partial charge in [-0.25, -0.2) is 0 Å². The SMILES string of the molecule is CCCCCCC(C)(CCCC)CCCNCC. The van der Waals surface area contributed by atoms with Crippen LogP contribution in [0.15, 0.2) is 0 Å². The summed E-state index contributed by atoms with van der Waals surface area (Å²) in [7, 11) is 0. The van der Waals surface area contributed by atoms with Crippen molar-refractivity contribution >= 4 is 0 Å². The summed E-state index contributed by atoms with van der Waals surface area (Å²) in [4.78, 5) is 0. The molecule has 18 heavy (non-hydrogen) atoms. The fourth-order valence-electron chi connectivity index (χ4n) is 2.77. The fourth-order valence-corrected chi connectivity index (χ4v) is 2.77. The molecule has 0 aliphatic heterocycles. The molecule has 0 radical (unpaired) electrons. The van der Waals surface area contributed by atoms with Gasteiger partial charge < -0.3 is 5.32 Å². The molecule has 0 aliphatic carbocycles. The summed E-state index contributed by atoms with van der Waals surface area (Å²) < 4.78 is 0. The Balaban J connectivity index is 3.90. The van der Waals surface area contributed by atoms with Crippen LogP contribution in [-0.4, -0.2) is 13.1 Å². The molecule has 1 atom stereocenters. The minimum Gasteiger partial charge on any atom is -0.317 e. The molecule has 1 unspecified atom stereocenters. The average molecular weight is 255 g/mol. The Bertz CT molecular complexity index is 153. The number of hydrogen-bond donors (Lipinski definition) is 1. The van der Waals surface area contributed by atoms with E-state index < -0.39 is 0 Å². The van der Waals surface area contributed by atoms with Crippen LogP contribution < -0.4 is 5.32 Å². The molecule has 110 valence electrons. The Morgan fingerprint density at radius 3 is 1.94 bits per heavy atom. The van der Waals surface area contributed by atoms with Crippen LogP contribution >= 0.6 is 0 Å². The van der Waals surface area contributed by atoms with E-state index in [1.807, 2.05) is 0 Å². The minimum absolute atomic E-state index is 0.610. The van der Waals surface area contributed by atoms with Gasteiger partial charge in [0.25, 0.3) is 0 Å². The number of rotatable bonds is 13. The lowest BCUT2D eigenvalue weighted by molar-refractivity contribution is 0.227. The molecular weight excluding hydrogens is 218 g/mol. The predicted octanol–water partition coefficient (Wildman–Crippen LogP) is 5.54. The van der Waals surface area contributed by atoms with Gasteiger partial charge >= 0.3 is 0 Å². The van der Waals surface area contributed by atoms with Crippen LogP contribution in [0.5, 0.6) is 0 Å². The highest BCUT2D eigenvalue weighted by molar-refractivity contribution is 4.75. The average Bonchev–Trinajstić information content (AvgIpc) is 2.38. The summed E-state index contributed by atoms with van der Waals surface area (Å²) in [5.74, 6) is 0. The van der Waals surface area contributed by atoms with E-state index in [9.17, 15) is 0 Å². The number of unbranched alkanes of at least 4 members (excludes halogenated alkanes) is 4. The summed E-state index contributed by atoms with van der Waals surface area (Å²) in [6.07, 6.45) is 14.0. The van der Waals surface area contributed by atoms with Crippen molar-refractivity contribution in [2.75, 3.05) is 13.1 Å². The lowest BCUT2D eigenvalue weighted by atomic mass is 9.76. The van der Waals surface area contributed by atoms with Crippen LogP contribution in [0.3, 0.4) is 0 Å².